The number of pyridine rings is 1. The van der Waals surface area contributed by atoms with Gasteiger partial charge < -0.3 is 15.5 Å². The molecule has 5 nitrogen and oxygen atoms in total. The van der Waals surface area contributed by atoms with E-state index in [9.17, 15) is 0 Å². The van der Waals surface area contributed by atoms with Crippen molar-refractivity contribution in [1.29, 1.82) is 0 Å². The van der Waals surface area contributed by atoms with Crippen LogP contribution in [0.2, 0.25) is 5.02 Å². The van der Waals surface area contributed by atoms with Crippen molar-refractivity contribution in [2.45, 2.75) is 13.5 Å². The van der Waals surface area contributed by atoms with Crippen LogP contribution < -0.4 is 10.6 Å². The average molecular weight is 370 g/mol. The van der Waals surface area contributed by atoms with E-state index < -0.39 is 0 Å². The Morgan fingerprint density at radius 1 is 1.12 bits per heavy atom. The number of nitrogens with zero attached hydrogens (tertiary/aromatic N) is 4. The van der Waals surface area contributed by atoms with Gasteiger partial charge in [-0.2, -0.15) is 0 Å². The van der Waals surface area contributed by atoms with Gasteiger partial charge >= 0.3 is 0 Å². The first-order valence-electron chi connectivity index (χ1n) is 8.97. The highest BCUT2D eigenvalue weighted by Crippen LogP contribution is 2.33. The maximum absolute atomic E-state index is 6.54. The number of hydrogen-bond donors (Lipinski definition) is 1. The molecule has 6 heteroatoms. The zero-order valence-electron chi connectivity index (χ0n) is 15.2. The van der Waals surface area contributed by atoms with Gasteiger partial charge in [0.2, 0.25) is 0 Å². The molecule has 4 rings (SSSR count). The largest absolute Gasteiger partial charge is 0.354 e. The van der Waals surface area contributed by atoms with Crippen molar-refractivity contribution in [3.05, 3.63) is 52.8 Å². The Morgan fingerprint density at radius 2 is 1.88 bits per heavy atom. The minimum atomic E-state index is 0.451. The summed E-state index contributed by atoms with van der Waals surface area (Å²) in [5.74, 6) is 1.13. The zero-order chi connectivity index (χ0) is 18.3. The maximum Gasteiger partial charge on any atom is 0.138 e. The molecule has 0 atom stereocenters. The van der Waals surface area contributed by atoms with Gasteiger partial charge in [-0.15, -0.1) is 0 Å². The summed E-state index contributed by atoms with van der Waals surface area (Å²) in [6, 6.07) is 8.23. The second-order valence-corrected chi connectivity index (χ2v) is 7.44. The highest BCUT2D eigenvalue weighted by molar-refractivity contribution is 6.33. The van der Waals surface area contributed by atoms with Gasteiger partial charge in [0, 0.05) is 55.1 Å². The van der Waals surface area contributed by atoms with E-state index in [1.807, 2.05) is 19.2 Å². The molecule has 0 bridgehead atoms. The Bertz CT molecular complexity index is 941. The van der Waals surface area contributed by atoms with E-state index in [2.05, 4.69) is 50.6 Å². The molecule has 2 aromatic heterocycles. The Hall–Kier alpha value is -2.08. The summed E-state index contributed by atoms with van der Waals surface area (Å²) in [5.41, 5.74) is 11.2. The summed E-state index contributed by atoms with van der Waals surface area (Å²) in [5, 5.41) is 0.750. The van der Waals surface area contributed by atoms with Crippen LogP contribution in [0.25, 0.3) is 16.8 Å². The van der Waals surface area contributed by atoms with Crippen LogP contribution in [0.15, 0.2) is 36.7 Å². The van der Waals surface area contributed by atoms with Crippen LogP contribution in [0.1, 0.15) is 11.1 Å². The molecule has 1 aliphatic rings. The Balaban J connectivity index is 1.83. The number of piperazine rings is 1. The van der Waals surface area contributed by atoms with Crippen LogP contribution in [0.4, 0.5) is 5.82 Å². The van der Waals surface area contributed by atoms with Gasteiger partial charge in [0.25, 0.3) is 0 Å². The molecule has 3 heterocycles. The van der Waals surface area contributed by atoms with E-state index in [0.717, 1.165) is 64.9 Å². The third kappa shape index (κ3) is 3.07. The number of benzene rings is 1. The maximum atomic E-state index is 6.54. The van der Waals surface area contributed by atoms with Crippen LogP contribution >= 0.6 is 11.6 Å². The van der Waals surface area contributed by atoms with Crippen molar-refractivity contribution >= 4 is 23.1 Å². The molecule has 0 aliphatic carbocycles. The van der Waals surface area contributed by atoms with Crippen molar-refractivity contribution in [2.75, 3.05) is 38.1 Å². The fourth-order valence-electron chi connectivity index (χ4n) is 3.57. The number of fused-ring (bicyclic) bond motifs is 1. The fraction of sp³-hybridized carbons (Fsp3) is 0.350. The van der Waals surface area contributed by atoms with Crippen molar-refractivity contribution in [1.82, 2.24) is 14.3 Å². The number of likely N-dealkylation sites (N-methyl/N-ethyl adjacent to an activating group) is 1. The van der Waals surface area contributed by atoms with Gasteiger partial charge in [-0.1, -0.05) is 23.7 Å². The summed E-state index contributed by atoms with van der Waals surface area (Å²) >= 11 is 6.54. The normalized spacial score (nSPS) is 15.8. The van der Waals surface area contributed by atoms with Gasteiger partial charge in [-0.3, -0.25) is 4.40 Å². The predicted octanol–water partition coefficient (Wildman–Crippen LogP) is 3.17. The SMILES string of the molecule is Cc1ccc(-c2cn3c(N4CCN(C)CC4)cnc3cc2CN)c(Cl)c1. The van der Waals surface area contributed by atoms with E-state index in [-0.39, 0.29) is 0 Å². The molecule has 0 radical (unpaired) electrons. The van der Waals surface area contributed by atoms with E-state index in [4.69, 9.17) is 17.3 Å². The first-order chi connectivity index (χ1) is 12.6. The molecule has 0 unspecified atom stereocenters. The Morgan fingerprint density at radius 3 is 2.58 bits per heavy atom. The topological polar surface area (TPSA) is 49.8 Å². The minimum absolute atomic E-state index is 0.451. The average Bonchev–Trinajstić information content (AvgIpc) is 3.04. The number of aromatic nitrogens is 2. The van der Waals surface area contributed by atoms with Crippen LogP contribution in [-0.4, -0.2) is 47.5 Å². The van der Waals surface area contributed by atoms with Crippen molar-refractivity contribution in [3.8, 4) is 11.1 Å². The molecule has 0 spiro atoms. The van der Waals surface area contributed by atoms with Gasteiger partial charge in [-0.25, -0.2) is 4.98 Å². The summed E-state index contributed by atoms with van der Waals surface area (Å²) in [6.07, 6.45) is 4.09. The van der Waals surface area contributed by atoms with Crippen molar-refractivity contribution in [3.63, 3.8) is 0 Å². The highest BCUT2D eigenvalue weighted by atomic mass is 35.5. The molecule has 26 heavy (non-hydrogen) atoms. The lowest BCUT2D eigenvalue weighted by Crippen LogP contribution is -2.44. The summed E-state index contributed by atoms with van der Waals surface area (Å²) in [6.45, 7) is 6.62. The second kappa shape index (κ2) is 6.91. The smallest absolute Gasteiger partial charge is 0.138 e. The van der Waals surface area contributed by atoms with Crippen LogP contribution in [0.5, 0.6) is 0 Å². The number of halogens is 1. The first-order valence-corrected chi connectivity index (χ1v) is 9.34. The summed E-state index contributed by atoms with van der Waals surface area (Å²) in [4.78, 5) is 9.35. The lowest BCUT2D eigenvalue weighted by molar-refractivity contribution is 0.312. The molecule has 0 saturated carbocycles. The van der Waals surface area contributed by atoms with E-state index in [0.29, 0.717) is 6.54 Å². The lowest BCUT2D eigenvalue weighted by atomic mass is 10.0. The third-order valence-corrected chi connectivity index (χ3v) is 5.49. The lowest BCUT2D eigenvalue weighted by Gasteiger charge is -2.33. The van der Waals surface area contributed by atoms with Crippen molar-refractivity contribution < 1.29 is 0 Å². The number of aryl methyl sites for hydroxylation is 1. The molecule has 1 saturated heterocycles. The first kappa shape index (κ1) is 17.3. The molecule has 1 aromatic carbocycles. The molecular formula is C20H24ClN5. The number of nitrogens with two attached hydrogens (primary N) is 1. The Labute approximate surface area is 159 Å². The number of hydrogen-bond acceptors (Lipinski definition) is 4. The van der Waals surface area contributed by atoms with Gasteiger partial charge in [-0.05, 0) is 37.2 Å². The fourth-order valence-corrected chi connectivity index (χ4v) is 3.91. The summed E-state index contributed by atoms with van der Waals surface area (Å²) < 4.78 is 2.16. The van der Waals surface area contributed by atoms with E-state index in [1.54, 1.807) is 0 Å². The predicted molar refractivity (Wildman–Crippen MR) is 108 cm³/mol. The van der Waals surface area contributed by atoms with Crippen LogP contribution in [0.3, 0.4) is 0 Å². The molecule has 0 amide bonds. The van der Waals surface area contributed by atoms with E-state index >= 15 is 0 Å². The molecule has 1 fully saturated rings. The standard InChI is InChI=1S/C20H24ClN5/c1-14-3-4-16(18(21)9-14)17-13-26-19(10-15(17)11-22)23-12-20(26)25-7-5-24(2)6-8-25/h3-4,9-10,12-13H,5-8,11,22H2,1-2H3. The minimum Gasteiger partial charge on any atom is -0.354 e. The number of rotatable bonds is 3. The number of anilines is 1. The molecular weight excluding hydrogens is 346 g/mol. The third-order valence-electron chi connectivity index (χ3n) is 5.18. The molecule has 2 N–H and O–H groups in total. The zero-order valence-corrected chi connectivity index (χ0v) is 16.0. The quantitative estimate of drug-likeness (QED) is 0.770. The Kier molecular flexibility index (Phi) is 4.61. The van der Waals surface area contributed by atoms with Gasteiger partial charge in [0.05, 0.1) is 6.20 Å². The van der Waals surface area contributed by atoms with Gasteiger partial charge in [0.15, 0.2) is 0 Å². The van der Waals surface area contributed by atoms with Crippen LogP contribution in [0, 0.1) is 6.92 Å². The summed E-state index contributed by atoms with van der Waals surface area (Å²) in [7, 11) is 2.16. The van der Waals surface area contributed by atoms with Gasteiger partial charge in [0.1, 0.15) is 11.5 Å². The molecule has 3 aromatic rings. The highest BCUT2D eigenvalue weighted by Gasteiger charge is 2.19. The monoisotopic (exact) mass is 369 g/mol. The molecule has 1 aliphatic heterocycles. The van der Waals surface area contributed by atoms with Crippen molar-refractivity contribution in [2.24, 2.45) is 5.73 Å². The van der Waals surface area contributed by atoms with E-state index in [1.165, 1.54) is 0 Å². The second-order valence-electron chi connectivity index (χ2n) is 7.03. The van der Waals surface area contributed by atoms with Crippen LogP contribution in [-0.2, 0) is 6.54 Å². The number of imidazole rings is 1. The molecule has 136 valence electrons.